The van der Waals surface area contributed by atoms with Crippen molar-refractivity contribution in [1.29, 1.82) is 5.26 Å². The van der Waals surface area contributed by atoms with Gasteiger partial charge in [-0.05, 0) is 30.7 Å². The summed E-state index contributed by atoms with van der Waals surface area (Å²) >= 11 is 3.74. The number of benzene rings is 1. The zero-order valence-electron chi connectivity index (χ0n) is 13.6. The zero-order valence-corrected chi connectivity index (χ0v) is 17.4. The summed E-state index contributed by atoms with van der Waals surface area (Å²) in [6.07, 6.45) is -0.107. The van der Waals surface area contributed by atoms with Gasteiger partial charge in [-0.2, -0.15) is 5.26 Å². The number of carbonyl (C=O) groups excluding carboxylic acids is 1. The molecule has 0 atom stereocenters. The standard InChI is InChI=1S/C16H17IN4O2S2/c1-11-8-12-9-15(16(22)2-3-18)21(24-17)14(12)10-13(11)19-25-20-4-6-23-7-5-20/h8-10,19H,2,4-7H2,1H3. The average Bonchev–Trinajstić information content (AvgIpc) is 2.98. The molecule has 1 aliphatic heterocycles. The van der Waals surface area contributed by atoms with Crippen molar-refractivity contribution in [1.82, 2.24) is 8.28 Å². The number of anilines is 1. The fourth-order valence-corrected chi connectivity index (χ4v) is 5.15. The molecule has 6 nitrogen and oxygen atoms in total. The number of fused-ring (bicyclic) bond motifs is 1. The highest BCUT2D eigenvalue weighted by Gasteiger charge is 2.17. The second-order valence-electron chi connectivity index (χ2n) is 5.61. The Kier molecular flexibility index (Phi) is 6.51. The van der Waals surface area contributed by atoms with Crippen LogP contribution in [-0.4, -0.2) is 40.4 Å². The van der Waals surface area contributed by atoms with Gasteiger partial charge in [0.15, 0.2) is 5.78 Å². The topological polar surface area (TPSA) is 70.3 Å². The van der Waals surface area contributed by atoms with Crippen LogP contribution in [0.3, 0.4) is 0 Å². The summed E-state index contributed by atoms with van der Waals surface area (Å²) in [7, 11) is 1.44. The van der Waals surface area contributed by atoms with E-state index >= 15 is 0 Å². The third-order valence-electron chi connectivity index (χ3n) is 3.95. The van der Waals surface area contributed by atoms with Gasteiger partial charge < -0.3 is 9.46 Å². The molecule has 1 aromatic carbocycles. The van der Waals surface area contributed by atoms with Crippen molar-refractivity contribution in [3.05, 3.63) is 29.5 Å². The van der Waals surface area contributed by atoms with Gasteiger partial charge in [0.2, 0.25) is 0 Å². The third-order valence-corrected chi connectivity index (χ3v) is 6.60. The van der Waals surface area contributed by atoms with E-state index in [4.69, 9.17) is 10.00 Å². The highest BCUT2D eigenvalue weighted by Crippen LogP contribution is 2.33. The minimum atomic E-state index is -0.155. The Morgan fingerprint density at radius 1 is 1.40 bits per heavy atom. The Labute approximate surface area is 167 Å². The van der Waals surface area contributed by atoms with E-state index in [0.29, 0.717) is 5.69 Å². The van der Waals surface area contributed by atoms with Crippen LogP contribution in [0.2, 0.25) is 0 Å². The molecule has 0 saturated carbocycles. The van der Waals surface area contributed by atoms with Gasteiger partial charge in [-0.1, -0.05) is 0 Å². The van der Waals surface area contributed by atoms with Gasteiger partial charge in [-0.25, -0.2) is 4.31 Å². The Morgan fingerprint density at radius 2 is 2.16 bits per heavy atom. The number of aromatic nitrogens is 1. The average molecular weight is 488 g/mol. The second-order valence-corrected chi connectivity index (χ2v) is 8.20. The molecule has 0 radical (unpaired) electrons. The maximum Gasteiger partial charge on any atom is 0.194 e. The van der Waals surface area contributed by atoms with Gasteiger partial charge in [0.1, 0.15) is 6.42 Å². The molecule has 2 heterocycles. The van der Waals surface area contributed by atoms with Crippen molar-refractivity contribution < 1.29 is 9.53 Å². The van der Waals surface area contributed by atoms with Gasteiger partial charge in [0.25, 0.3) is 0 Å². The molecule has 1 aliphatic rings. The molecule has 132 valence electrons. The minimum absolute atomic E-state index is 0.107. The van der Waals surface area contributed by atoms with Crippen LogP contribution in [0, 0.1) is 18.3 Å². The van der Waals surface area contributed by atoms with E-state index in [9.17, 15) is 4.79 Å². The lowest BCUT2D eigenvalue weighted by atomic mass is 10.1. The van der Waals surface area contributed by atoms with E-state index in [1.54, 1.807) is 12.1 Å². The second kappa shape index (κ2) is 8.64. The zero-order chi connectivity index (χ0) is 17.8. The van der Waals surface area contributed by atoms with Crippen LogP contribution in [-0.2, 0) is 4.74 Å². The molecule has 1 N–H and O–H groups in total. The molecule has 1 aromatic heterocycles. The Balaban J connectivity index is 1.88. The van der Waals surface area contributed by atoms with Gasteiger partial charge in [-0.3, -0.25) is 8.77 Å². The highest BCUT2D eigenvalue weighted by atomic mass is 127. The number of nitrogens with zero attached hydrogens (tertiary/aromatic N) is 3. The lowest BCUT2D eigenvalue weighted by Crippen LogP contribution is -2.32. The molecule has 2 aromatic rings. The fraction of sp³-hybridized carbons (Fsp3) is 0.375. The molecular formula is C16H17IN4O2S2. The van der Waals surface area contributed by atoms with Gasteiger partial charge in [0, 0.05) is 60.9 Å². The third kappa shape index (κ3) is 4.25. The Hall–Kier alpha value is -0.930. The van der Waals surface area contributed by atoms with Crippen molar-refractivity contribution in [2.45, 2.75) is 13.3 Å². The summed E-state index contributed by atoms with van der Waals surface area (Å²) in [5.74, 6) is -0.155. The number of Topliss-reactive ketones (excluding diaryl/α,β-unsaturated/α-hetero) is 1. The van der Waals surface area contributed by atoms with Crippen LogP contribution in [0.1, 0.15) is 22.5 Å². The number of nitrogens with one attached hydrogen (secondary N) is 1. The number of hydrogen-bond acceptors (Lipinski definition) is 7. The van der Waals surface area contributed by atoms with Gasteiger partial charge in [0.05, 0.1) is 36.2 Å². The van der Waals surface area contributed by atoms with E-state index in [2.05, 4.69) is 42.4 Å². The predicted octanol–water partition coefficient (Wildman–Crippen LogP) is 4.20. The van der Waals surface area contributed by atoms with Crippen LogP contribution in [0.4, 0.5) is 5.69 Å². The van der Waals surface area contributed by atoms with E-state index in [1.807, 2.05) is 23.0 Å². The molecule has 25 heavy (non-hydrogen) atoms. The quantitative estimate of drug-likeness (QED) is 0.371. The summed E-state index contributed by atoms with van der Waals surface area (Å²) in [6.45, 7) is 5.35. The van der Waals surface area contributed by atoms with Crippen molar-refractivity contribution in [2.24, 2.45) is 0 Å². The minimum Gasteiger partial charge on any atom is -0.379 e. The number of nitriles is 1. The van der Waals surface area contributed by atoms with Crippen LogP contribution < -0.4 is 4.72 Å². The maximum absolute atomic E-state index is 12.2. The van der Waals surface area contributed by atoms with Crippen LogP contribution >= 0.6 is 42.5 Å². The molecular weight excluding hydrogens is 471 g/mol. The number of carbonyl (C=O) groups is 1. The lowest BCUT2D eigenvalue weighted by molar-refractivity contribution is 0.0775. The Bertz CT molecular complexity index is 828. The molecule has 1 saturated heterocycles. The first kappa shape index (κ1) is 18.8. The van der Waals surface area contributed by atoms with E-state index in [0.717, 1.165) is 48.5 Å². The summed E-state index contributed by atoms with van der Waals surface area (Å²) in [4.78, 5) is 12.2. The number of ketones is 1. The molecule has 0 spiro atoms. The monoisotopic (exact) mass is 488 g/mol. The first-order chi connectivity index (χ1) is 12.1. The number of morpholine rings is 1. The van der Waals surface area contributed by atoms with Crippen molar-refractivity contribution in [3.63, 3.8) is 0 Å². The van der Waals surface area contributed by atoms with Gasteiger partial charge in [-0.15, -0.1) is 0 Å². The van der Waals surface area contributed by atoms with Gasteiger partial charge >= 0.3 is 0 Å². The van der Waals surface area contributed by atoms with E-state index < -0.39 is 0 Å². The van der Waals surface area contributed by atoms with Crippen LogP contribution in [0.25, 0.3) is 10.9 Å². The molecule has 0 unspecified atom stereocenters. The molecule has 0 amide bonds. The molecule has 1 fully saturated rings. The number of ether oxygens (including phenoxy) is 1. The maximum atomic E-state index is 12.2. The van der Waals surface area contributed by atoms with Crippen LogP contribution in [0.15, 0.2) is 18.2 Å². The predicted molar refractivity (Wildman–Crippen MR) is 112 cm³/mol. The summed E-state index contributed by atoms with van der Waals surface area (Å²) in [6, 6.07) is 7.94. The lowest BCUT2D eigenvalue weighted by Gasteiger charge is -2.25. The van der Waals surface area contributed by atoms with E-state index in [-0.39, 0.29) is 12.2 Å². The smallest absolute Gasteiger partial charge is 0.194 e. The van der Waals surface area contributed by atoms with Crippen molar-refractivity contribution >= 4 is 64.8 Å². The number of halogens is 1. The summed E-state index contributed by atoms with van der Waals surface area (Å²) < 4.78 is 12.9. The highest BCUT2D eigenvalue weighted by molar-refractivity contribution is 14.2. The molecule has 3 rings (SSSR count). The largest absolute Gasteiger partial charge is 0.379 e. The molecule has 9 heteroatoms. The van der Waals surface area contributed by atoms with Crippen LogP contribution in [0.5, 0.6) is 0 Å². The number of rotatable bonds is 6. The van der Waals surface area contributed by atoms with Crippen molar-refractivity contribution in [3.8, 4) is 6.07 Å². The van der Waals surface area contributed by atoms with E-state index in [1.165, 1.54) is 9.12 Å². The summed E-state index contributed by atoms with van der Waals surface area (Å²) in [5.41, 5.74) is 3.67. The first-order valence-corrected chi connectivity index (χ1v) is 11.8. The molecule has 0 bridgehead atoms. The summed E-state index contributed by atoms with van der Waals surface area (Å²) in [5, 5.41) is 9.81. The Morgan fingerprint density at radius 3 is 2.84 bits per heavy atom. The fourth-order valence-electron chi connectivity index (χ4n) is 2.64. The van der Waals surface area contributed by atoms with Crippen molar-refractivity contribution in [2.75, 3.05) is 31.0 Å². The first-order valence-electron chi connectivity index (χ1n) is 7.75. The normalized spacial score (nSPS) is 15.2. The number of aryl methyl sites for hydroxylation is 1. The molecule has 0 aliphatic carbocycles. The SMILES string of the molecule is Cc1cc2cc(C(=O)CC#N)n(SI)c2cc1NSN1CCOCC1. The number of hydrogen-bond donors (Lipinski definition) is 1.